The van der Waals surface area contributed by atoms with Crippen LogP contribution in [-0.2, 0) is 64.3 Å². The Morgan fingerprint density at radius 3 is 1.98 bits per heavy atom. The lowest BCUT2D eigenvalue weighted by Gasteiger charge is -2.46. The molecular formula is C55H81N4O20S2+. The normalized spacial score (nSPS) is 27.1. The van der Waals surface area contributed by atoms with Gasteiger partial charge in [0.1, 0.15) is 55.4 Å². The number of carbonyl (C=O) groups is 1. The molecular weight excluding hydrogens is 1100 g/mol. The highest BCUT2D eigenvalue weighted by molar-refractivity contribution is 7.86. The van der Waals surface area contributed by atoms with Crippen LogP contribution in [0, 0.1) is 0 Å². The van der Waals surface area contributed by atoms with Crippen molar-refractivity contribution >= 4 is 43.2 Å². The van der Waals surface area contributed by atoms with E-state index in [1.165, 1.54) is 24.3 Å². The molecule has 81 heavy (non-hydrogen) atoms. The van der Waals surface area contributed by atoms with Crippen LogP contribution in [0.3, 0.4) is 0 Å². The molecule has 2 aromatic carbocycles. The van der Waals surface area contributed by atoms with Crippen LogP contribution in [-0.4, -0.2) is 218 Å². The molecule has 11 N–H and O–H groups in total. The fraction of sp³-hybridized carbons (Fsp3) is 0.600. The van der Waals surface area contributed by atoms with E-state index in [9.17, 15) is 66.5 Å². The molecule has 0 bridgehead atoms. The molecule has 0 saturated carbocycles. The third kappa shape index (κ3) is 16.5. The van der Waals surface area contributed by atoms with Gasteiger partial charge in [-0.2, -0.15) is 21.4 Å². The molecule has 0 aliphatic carbocycles. The Hall–Kier alpha value is -4.40. The van der Waals surface area contributed by atoms with Gasteiger partial charge in [0.05, 0.1) is 61.5 Å². The van der Waals surface area contributed by atoms with Crippen LogP contribution in [0.4, 0.5) is 11.4 Å². The number of likely N-dealkylation sites (N-methyl/N-ethyl adjacent to an activating group) is 1. The number of nitrogens with zero attached hydrogens (tertiary/aromatic N) is 2. The number of aliphatic hydroxyl groups is 7. The predicted octanol–water partition coefficient (Wildman–Crippen LogP) is 0.867. The number of amides is 1. The zero-order valence-corrected chi connectivity index (χ0v) is 48.0. The van der Waals surface area contributed by atoms with Gasteiger partial charge in [-0.1, -0.05) is 44.2 Å². The quantitative estimate of drug-likeness (QED) is 0.0224. The molecule has 26 heteroatoms. The summed E-state index contributed by atoms with van der Waals surface area (Å²) in [6, 6.07) is 9.26. The fourth-order valence-corrected chi connectivity index (χ4v) is 11.4. The molecule has 1 amide bonds. The smallest absolute Gasteiger partial charge is 0.294 e. The molecule has 2 fully saturated rings. The highest BCUT2D eigenvalue weighted by atomic mass is 32.2. The van der Waals surface area contributed by atoms with Gasteiger partial charge in [-0.15, -0.1) is 0 Å². The topological polar surface area (TPSA) is 353 Å². The van der Waals surface area contributed by atoms with E-state index in [-0.39, 0.29) is 22.3 Å². The monoisotopic (exact) mass is 1180 g/mol. The average Bonchev–Trinajstić information content (AvgIpc) is 3.30. The third-order valence-corrected chi connectivity index (χ3v) is 16.5. The predicted molar refractivity (Wildman–Crippen MR) is 295 cm³/mol. The first-order valence-electron chi connectivity index (χ1n) is 27.1. The van der Waals surface area contributed by atoms with E-state index in [1.54, 1.807) is 12.1 Å². The van der Waals surface area contributed by atoms with Gasteiger partial charge in [-0.25, -0.2) is 0 Å². The van der Waals surface area contributed by atoms with Crippen LogP contribution in [0.1, 0.15) is 71.4 Å². The van der Waals surface area contributed by atoms with Gasteiger partial charge in [0.15, 0.2) is 18.3 Å². The molecule has 0 aromatic heterocycles. The summed E-state index contributed by atoms with van der Waals surface area (Å²) in [5, 5.41) is 77.1. The number of carbonyl (C=O) groups excluding carboxylic acids is 1. The molecule has 4 aliphatic heterocycles. The summed E-state index contributed by atoms with van der Waals surface area (Å²) in [7, 11) is -8.81. The molecule has 2 saturated heterocycles. The second-order valence-electron chi connectivity index (χ2n) is 21.0. The SMILES string of the molecule is CCN1\C(=C/C=C/C=C/C=C/C2=[N+](CCCCCC(=O)NCCOCCOCCNCCO[C@H]3[C@H](O)[C@@H](O)[C@@H](O[C@H]4[C@H](O)[C@@H](O)C(O)O[C@@H]4CO)O[C@@H]3CO)c3ccc(S(=O)(=O)O)cc3C2(C)C)C(C)(C)c2cc(S(=O)(=O)O)ccc21. The maximum Gasteiger partial charge on any atom is 0.294 e. The van der Waals surface area contributed by atoms with E-state index in [4.69, 9.17) is 28.4 Å². The van der Waals surface area contributed by atoms with E-state index in [1.807, 2.05) is 77.2 Å². The molecule has 24 nitrogen and oxygen atoms in total. The Morgan fingerprint density at radius 1 is 0.704 bits per heavy atom. The summed E-state index contributed by atoms with van der Waals surface area (Å²) < 4.78 is 103. The highest BCUT2D eigenvalue weighted by Gasteiger charge is 2.51. The van der Waals surface area contributed by atoms with Crippen LogP contribution >= 0.6 is 0 Å². The molecule has 10 atom stereocenters. The summed E-state index contributed by atoms with van der Waals surface area (Å²) in [5.74, 6) is -0.102. The zero-order valence-electron chi connectivity index (χ0n) is 46.3. The third-order valence-electron chi connectivity index (χ3n) is 14.8. The lowest BCUT2D eigenvalue weighted by Crippen LogP contribution is -2.64. The van der Waals surface area contributed by atoms with Gasteiger partial charge in [-0.05, 0) is 75.6 Å². The van der Waals surface area contributed by atoms with E-state index < -0.39 is 106 Å². The summed E-state index contributed by atoms with van der Waals surface area (Å²) >= 11 is 0. The Balaban J connectivity index is 0.866. The molecule has 6 rings (SSSR count). The van der Waals surface area contributed by atoms with Gasteiger partial charge in [0, 0.05) is 73.5 Å². The van der Waals surface area contributed by atoms with Gasteiger partial charge in [0.25, 0.3) is 20.2 Å². The first-order valence-corrected chi connectivity index (χ1v) is 30.0. The number of allylic oxidation sites excluding steroid dienone is 8. The number of nitrogens with one attached hydrogen (secondary N) is 2. The van der Waals surface area contributed by atoms with Crippen LogP contribution in [0.2, 0.25) is 0 Å². The van der Waals surface area contributed by atoms with Crippen molar-refractivity contribution in [3.05, 3.63) is 95.8 Å². The summed E-state index contributed by atoms with van der Waals surface area (Å²) in [5.41, 5.74) is 4.00. The van der Waals surface area contributed by atoms with Crippen molar-refractivity contribution < 1.29 is 99.5 Å². The first-order chi connectivity index (χ1) is 38.4. The van der Waals surface area contributed by atoms with E-state index in [2.05, 4.69) is 20.1 Å². The van der Waals surface area contributed by atoms with Crippen molar-refractivity contribution in [2.24, 2.45) is 0 Å². The largest absolute Gasteiger partial charge is 0.394 e. The maximum absolute atomic E-state index is 12.6. The lowest BCUT2D eigenvalue weighted by atomic mass is 9.81. The Bertz CT molecular complexity index is 2820. The van der Waals surface area contributed by atoms with Crippen LogP contribution in [0.15, 0.2) is 94.4 Å². The molecule has 452 valence electrons. The highest BCUT2D eigenvalue weighted by Crippen LogP contribution is 2.48. The van der Waals surface area contributed by atoms with Gasteiger partial charge < -0.3 is 79.7 Å². The number of fused-ring (bicyclic) bond motifs is 2. The average molecular weight is 1180 g/mol. The van der Waals surface area contributed by atoms with Crippen molar-refractivity contribution in [1.82, 2.24) is 10.6 Å². The first kappa shape index (κ1) is 65.7. The van der Waals surface area contributed by atoms with Crippen molar-refractivity contribution in [2.45, 2.75) is 142 Å². The molecule has 4 heterocycles. The molecule has 0 radical (unpaired) electrons. The number of rotatable bonds is 30. The summed E-state index contributed by atoms with van der Waals surface area (Å²) in [6.07, 6.45) is 0.629. The minimum atomic E-state index is -4.45. The minimum absolute atomic E-state index is 0.0569. The van der Waals surface area contributed by atoms with Gasteiger partial charge in [-0.3, -0.25) is 13.9 Å². The number of hydrogen-bond acceptors (Lipinski definition) is 20. The second-order valence-corrected chi connectivity index (χ2v) is 23.9. The lowest BCUT2D eigenvalue weighted by molar-refractivity contribution is -0.438. The van der Waals surface area contributed by atoms with Crippen molar-refractivity contribution in [3.8, 4) is 0 Å². The number of unbranched alkanes of at least 4 members (excludes halogenated alkanes) is 2. The fourth-order valence-electron chi connectivity index (χ4n) is 10.4. The summed E-state index contributed by atoms with van der Waals surface area (Å²) in [4.78, 5) is 14.4. The molecule has 2 aromatic rings. The minimum Gasteiger partial charge on any atom is -0.394 e. The number of benzene rings is 2. The number of aliphatic hydroxyl groups excluding tert-OH is 7. The Morgan fingerprint density at radius 2 is 1.31 bits per heavy atom. The Labute approximate surface area is 473 Å². The second kappa shape index (κ2) is 29.4. The number of anilines is 1. The standard InChI is InChI=1S/C55H80N4O20S2/c1-6-58-39-20-18-35(80(68,69)70)31-37(39)54(2,3)43(58)15-11-8-7-9-12-16-44-55(4,5)38-32-36(81(71,72)73)19-21-40(38)59(44)25-14-10-13-17-45(62)57-24-27-75-30-29-74-26-22-56-23-28-76-50-41(33-60)78-53(49(66)47(50)64)79-51-42(34-61)77-52(67)48(65)46(51)63/h7-9,11-12,15-16,18-21,31-32,41-42,46-53,56,60-61,63-67H,6,10,13-14,17,22-30,33-34H2,1-5H3,(H2-,57,62,68,69,70,71,72,73)/p+1/t41-,42-,46-,47-,48-,49-,50-,51-,52?,53-/m1/s1. The zero-order chi connectivity index (χ0) is 59.3. The van der Waals surface area contributed by atoms with Crippen molar-refractivity contribution in [1.29, 1.82) is 0 Å². The van der Waals surface area contributed by atoms with Crippen LogP contribution in [0.5, 0.6) is 0 Å². The number of hydrogen-bond donors (Lipinski definition) is 11. The summed E-state index contributed by atoms with van der Waals surface area (Å²) in [6.45, 7) is 12.3. The molecule has 4 aliphatic rings. The Kier molecular flexibility index (Phi) is 23.9. The maximum atomic E-state index is 12.6. The van der Waals surface area contributed by atoms with Crippen molar-refractivity contribution in [2.75, 3.05) is 83.9 Å². The van der Waals surface area contributed by atoms with Crippen molar-refractivity contribution in [3.63, 3.8) is 0 Å². The van der Waals surface area contributed by atoms with Crippen LogP contribution < -0.4 is 15.5 Å². The number of ether oxygens (including phenoxy) is 6. The van der Waals surface area contributed by atoms with E-state index in [0.717, 1.165) is 46.8 Å². The molecule has 0 spiro atoms. The van der Waals surface area contributed by atoms with Gasteiger partial charge in [0.2, 0.25) is 11.6 Å². The molecule has 1 unspecified atom stereocenters. The van der Waals surface area contributed by atoms with Crippen LogP contribution in [0.25, 0.3) is 0 Å². The van der Waals surface area contributed by atoms with E-state index >= 15 is 0 Å². The van der Waals surface area contributed by atoms with E-state index in [0.29, 0.717) is 72.0 Å². The van der Waals surface area contributed by atoms with Gasteiger partial charge >= 0.3 is 0 Å².